The molecule has 1 aromatic carbocycles. The smallest absolute Gasteiger partial charge is 0.231 e. The fourth-order valence-corrected chi connectivity index (χ4v) is 3.13. The molecule has 3 rings (SSSR count). The number of hydrogen-bond acceptors (Lipinski definition) is 4. The largest absolute Gasteiger partial charge is 0.454 e. The first kappa shape index (κ1) is 16.9. The minimum absolute atomic E-state index is 0.131. The quantitative estimate of drug-likeness (QED) is 0.566. The van der Waals surface area contributed by atoms with Crippen LogP contribution in [0.1, 0.15) is 38.2 Å². The zero-order valence-corrected chi connectivity index (χ0v) is 14.3. The molecule has 1 fully saturated rings. The third-order valence-corrected chi connectivity index (χ3v) is 4.49. The highest BCUT2D eigenvalue weighted by Crippen LogP contribution is 2.32. The third kappa shape index (κ3) is 4.54. The Labute approximate surface area is 143 Å². The zero-order chi connectivity index (χ0) is 16.8. The van der Waals surface area contributed by atoms with E-state index in [-0.39, 0.29) is 6.10 Å². The van der Waals surface area contributed by atoms with Gasteiger partial charge in [0.25, 0.3) is 0 Å². The van der Waals surface area contributed by atoms with Gasteiger partial charge < -0.3 is 25.2 Å². The van der Waals surface area contributed by atoms with Crippen molar-refractivity contribution in [2.75, 3.05) is 19.9 Å². The van der Waals surface area contributed by atoms with Crippen molar-refractivity contribution in [2.24, 2.45) is 4.99 Å². The van der Waals surface area contributed by atoms with Crippen molar-refractivity contribution in [3.05, 3.63) is 23.8 Å². The van der Waals surface area contributed by atoms with Gasteiger partial charge in [0.1, 0.15) is 0 Å². The second-order valence-corrected chi connectivity index (χ2v) is 6.35. The van der Waals surface area contributed by atoms with Crippen molar-refractivity contribution >= 4 is 5.96 Å². The van der Waals surface area contributed by atoms with E-state index < -0.39 is 0 Å². The number of nitrogens with one attached hydrogen (secondary N) is 2. The number of guanidine groups is 1. The van der Waals surface area contributed by atoms with E-state index >= 15 is 0 Å². The third-order valence-electron chi connectivity index (χ3n) is 4.49. The van der Waals surface area contributed by atoms with Crippen molar-refractivity contribution in [3.63, 3.8) is 0 Å². The highest BCUT2D eigenvalue weighted by molar-refractivity contribution is 5.80. The van der Waals surface area contributed by atoms with Gasteiger partial charge in [-0.05, 0) is 56.7 Å². The van der Waals surface area contributed by atoms with Gasteiger partial charge in [0.2, 0.25) is 6.79 Å². The summed E-state index contributed by atoms with van der Waals surface area (Å²) in [4.78, 5) is 4.68. The minimum Gasteiger partial charge on any atom is -0.454 e. The molecule has 6 nitrogen and oxygen atoms in total. The summed E-state index contributed by atoms with van der Waals surface area (Å²) in [5.41, 5.74) is 1.19. The highest BCUT2D eigenvalue weighted by atomic mass is 16.7. The molecule has 1 aliphatic carbocycles. The monoisotopic (exact) mass is 333 g/mol. The molecule has 6 heteroatoms. The van der Waals surface area contributed by atoms with Crippen molar-refractivity contribution in [3.8, 4) is 11.5 Å². The Kier molecular flexibility index (Phi) is 5.80. The predicted octanol–water partition coefficient (Wildman–Crippen LogP) is 1.82. The maximum Gasteiger partial charge on any atom is 0.231 e. The van der Waals surface area contributed by atoms with E-state index in [2.05, 4.69) is 28.6 Å². The number of hydrogen-bond donors (Lipinski definition) is 3. The molecule has 1 saturated carbocycles. The Bertz CT molecular complexity index is 569. The Morgan fingerprint density at radius 3 is 2.79 bits per heavy atom. The van der Waals surface area contributed by atoms with Crippen LogP contribution < -0.4 is 20.1 Å². The number of rotatable bonds is 5. The normalized spacial score (nSPS) is 23.2. The van der Waals surface area contributed by atoms with Crippen LogP contribution in [0.2, 0.25) is 0 Å². The molecule has 0 unspecified atom stereocenters. The number of aliphatic imine (C=N–C) groups is 1. The number of aliphatic hydroxyl groups excluding tert-OH is 1. The van der Waals surface area contributed by atoms with Gasteiger partial charge in [0.15, 0.2) is 17.5 Å². The summed E-state index contributed by atoms with van der Waals surface area (Å²) in [6, 6.07) is 6.45. The Morgan fingerprint density at radius 1 is 1.21 bits per heavy atom. The maximum atomic E-state index is 9.61. The molecule has 0 atom stereocenters. The van der Waals surface area contributed by atoms with Crippen LogP contribution >= 0.6 is 0 Å². The first-order chi connectivity index (χ1) is 11.7. The molecule has 3 N–H and O–H groups in total. The fourth-order valence-electron chi connectivity index (χ4n) is 3.13. The van der Waals surface area contributed by atoms with Crippen molar-refractivity contribution in [1.29, 1.82) is 0 Å². The standard InChI is InChI=1S/C18H27N3O3/c1-2-19-18(21-14-4-6-15(22)7-5-14)20-10-9-13-3-8-16-17(11-13)24-12-23-16/h3,8,11,14-15,22H,2,4-7,9-10,12H2,1H3,(H2,19,20,21). The van der Waals surface area contributed by atoms with Crippen LogP contribution in [0.5, 0.6) is 11.5 Å². The van der Waals surface area contributed by atoms with Gasteiger partial charge in [-0.25, -0.2) is 0 Å². The first-order valence-corrected chi connectivity index (χ1v) is 8.86. The Hall–Kier alpha value is -1.95. The van der Waals surface area contributed by atoms with Crippen molar-refractivity contribution in [2.45, 2.75) is 51.2 Å². The van der Waals surface area contributed by atoms with Crippen LogP contribution in [0, 0.1) is 0 Å². The lowest BCUT2D eigenvalue weighted by Gasteiger charge is -2.27. The molecule has 0 bridgehead atoms. The molecule has 0 spiro atoms. The molecule has 1 aliphatic heterocycles. The van der Waals surface area contributed by atoms with Crippen molar-refractivity contribution < 1.29 is 14.6 Å². The summed E-state index contributed by atoms with van der Waals surface area (Å²) in [6.45, 7) is 3.93. The lowest BCUT2D eigenvalue weighted by Crippen LogP contribution is -2.45. The molecular weight excluding hydrogens is 306 g/mol. The average molecular weight is 333 g/mol. The summed E-state index contributed by atoms with van der Waals surface area (Å²) < 4.78 is 10.7. The summed E-state index contributed by atoms with van der Waals surface area (Å²) in [7, 11) is 0. The van der Waals surface area contributed by atoms with Crippen LogP contribution in [0.25, 0.3) is 0 Å². The van der Waals surface area contributed by atoms with Gasteiger partial charge in [0.05, 0.1) is 6.10 Å². The zero-order valence-electron chi connectivity index (χ0n) is 14.3. The number of nitrogens with zero attached hydrogens (tertiary/aromatic N) is 1. The molecule has 1 heterocycles. The first-order valence-electron chi connectivity index (χ1n) is 8.86. The van der Waals surface area contributed by atoms with Gasteiger partial charge >= 0.3 is 0 Å². The van der Waals surface area contributed by atoms with Gasteiger partial charge in [-0.15, -0.1) is 0 Å². The average Bonchev–Trinajstić information content (AvgIpc) is 3.05. The van der Waals surface area contributed by atoms with E-state index in [0.29, 0.717) is 19.4 Å². The lowest BCUT2D eigenvalue weighted by molar-refractivity contribution is 0.120. The fraction of sp³-hybridized carbons (Fsp3) is 0.611. The molecule has 1 aromatic rings. The molecular formula is C18H27N3O3. The second-order valence-electron chi connectivity index (χ2n) is 6.35. The summed E-state index contributed by atoms with van der Waals surface area (Å²) in [5.74, 6) is 2.50. The van der Waals surface area contributed by atoms with Crippen LogP contribution in [0.3, 0.4) is 0 Å². The van der Waals surface area contributed by atoms with E-state index in [0.717, 1.165) is 56.1 Å². The van der Waals surface area contributed by atoms with Crippen LogP contribution in [-0.2, 0) is 6.42 Å². The molecule has 0 saturated heterocycles. The lowest BCUT2D eigenvalue weighted by atomic mass is 9.93. The van der Waals surface area contributed by atoms with Crippen LogP contribution in [0.15, 0.2) is 23.2 Å². The molecule has 2 aliphatic rings. The second kappa shape index (κ2) is 8.24. The SMILES string of the molecule is CCNC(=NCCc1ccc2c(c1)OCO2)NC1CCC(O)CC1. The molecule has 132 valence electrons. The van der Waals surface area contributed by atoms with Gasteiger partial charge in [-0.1, -0.05) is 6.07 Å². The highest BCUT2D eigenvalue weighted by Gasteiger charge is 2.20. The van der Waals surface area contributed by atoms with Crippen molar-refractivity contribution in [1.82, 2.24) is 10.6 Å². The van der Waals surface area contributed by atoms with E-state index in [4.69, 9.17) is 9.47 Å². The van der Waals surface area contributed by atoms with Gasteiger partial charge in [-0.3, -0.25) is 4.99 Å². The molecule has 0 amide bonds. The number of fused-ring (bicyclic) bond motifs is 1. The van der Waals surface area contributed by atoms with E-state index in [1.165, 1.54) is 5.56 Å². The van der Waals surface area contributed by atoms with Crippen LogP contribution in [0.4, 0.5) is 0 Å². The topological polar surface area (TPSA) is 75.1 Å². The number of ether oxygens (including phenoxy) is 2. The van der Waals surface area contributed by atoms with E-state index in [1.54, 1.807) is 0 Å². The number of aliphatic hydroxyl groups is 1. The Balaban J connectivity index is 1.51. The molecule has 0 aromatic heterocycles. The minimum atomic E-state index is -0.131. The maximum absolute atomic E-state index is 9.61. The summed E-state index contributed by atoms with van der Waals surface area (Å²) in [5, 5.41) is 16.4. The van der Waals surface area contributed by atoms with Crippen LogP contribution in [-0.4, -0.2) is 43.1 Å². The summed E-state index contributed by atoms with van der Waals surface area (Å²) >= 11 is 0. The summed E-state index contributed by atoms with van der Waals surface area (Å²) in [6.07, 6.45) is 4.45. The van der Waals surface area contributed by atoms with E-state index in [1.807, 2.05) is 12.1 Å². The number of benzene rings is 1. The molecule has 0 radical (unpaired) electrons. The predicted molar refractivity (Wildman–Crippen MR) is 93.6 cm³/mol. The molecule has 24 heavy (non-hydrogen) atoms. The Morgan fingerprint density at radius 2 is 2.00 bits per heavy atom. The van der Waals surface area contributed by atoms with Gasteiger partial charge in [-0.2, -0.15) is 0 Å². The van der Waals surface area contributed by atoms with Gasteiger partial charge in [0, 0.05) is 19.1 Å². The van der Waals surface area contributed by atoms with E-state index in [9.17, 15) is 5.11 Å².